The first-order chi connectivity index (χ1) is 10.1. The van der Waals surface area contributed by atoms with Gasteiger partial charge in [-0.05, 0) is 6.42 Å². The number of aliphatic hydroxyl groups excluding tert-OH is 1. The van der Waals surface area contributed by atoms with Crippen LogP contribution in [0, 0.1) is 11.6 Å². The van der Waals surface area contributed by atoms with E-state index in [9.17, 15) is 13.9 Å². The van der Waals surface area contributed by atoms with Crippen molar-refractivity contribution in [3.05, 3.63) is 30.0 Å². The van der Waals surface area contributed by atoms with Crippen molar-refractivity contribution in [2.24, 2.45) is 0 Å². The van der Waals surface area contributed by atoms with Crippen molar-refractivity contribution < 1.29 is 18.6 Å². The molecule has 112 valence electrons. The van der Waals surface area contributed by atoms with Gasteiger partial charge in [0.1, 0.15) is 5.82 Å². The minimum atomic E-state index is -0.955. The second-order valence-electron chi connectivity index (χ2n) is 5.07. The van der Waals surface area contributed by atoms with Crippen LogP contribution < -0.4 is 4.90 Å². The van der Waals surface area contributed by atoms with Gasteiger partial charge < -0.3 is 14.7 Å². The highest BCUT2D eigenvalue weighted by Crippen LogP contribution is 2.26. The summed E-state index contributed by atoms with van der Waals surface area (Å²) in [5.74, 6) is -1.38. The van der Waals surface area contributed by atoms with E-state index >= 15 is 0 Å². The van der Waals surface area contributed by atoms with Crippen molar-refractivity contribution in [2.45, 2.75) is 18.6 Å². The number of hydrogen-bond donors (Lipinski definition) is 1. The first kappa shape index (κ1) is 14.1. The number of aliphatic hydroxyl groups is 1. The average Bonchev–Trinajstić information content (AvgIpc) is 2.91. The highest BCUT2D eigenvalue weighted by molar-refractivity contribution is 5.75. The Labute approximate surface area is 120 Å². The lowest BCUT2D eigenvalue weighted by atomic mass is 10.2. The minimum absolute atomic E-state index is 0.00426. The Morgan fingerprint density at radius 2 is 2.05 bits per heavy atom. The molecule has 0 amide bonds. The highest BCUT2D eigenvalue weighted by Gasteiger charge is 2.32. The fraction of sp³-hybridized carbons (Fsp3) is 0.429. The highest BCUT2D eigenvalue weighted by atomic mass is 19.2. The summed E-state index contributed by atoms with van der Waals surface area (Å²) in [6, 6.07) is 1.93. The molecular weight excluding hydrogens is 280 g/mol. The van der Waals surface area contributed by atoms with Crippen LogP contribution in [0.1, 0.15) is 6.42 Å². The molecule has 0 aliphatic carbocycles. The van der Waals surface area contributed by atoms with E-state index in [1.165, 1.54) is 6.20 Å². The van der Waals surface area contributed by atoms with E-state index in [-0.39, 0.29) is 24.3 Å². The molecule has 1 aromatic heterocycles. The molecule has 0 bridgehead atoms. The summed E-state index contributed by atoms with van der Waals surface area (Å²) in [6.45, 7) is 0.545. The summed E-state index contributed by atoms with van der Waals surface area (Å²) in [6.07, 6.45) is 2.19. The predicted octanol–water partition coefficient (Wildman–Crippen LogP) is 1.49. The molecule has 2 heterocycles. The van der Waals surface area contributed by atoms with E-state index in [4.69, 9.17) is 4.74 Å². The summed E-state index contributed by atoms with van der Waals surface area (Å²) in [7, 11) is 1.62. The number of halogens is 2. The van der Waals surface area contributed by atoms with Crippen molar-refractivity contribution in [1.29, 1.82) is 0 Å². The van der Waals surface area contributed by atoms with E-state index < -0.39 is 11.6 Å². The molecule has 0 unspecified atom stereocenters. The second-order valence-corrected chi connectivity index (χ2v) is 5.07. The quantitative estimate of drug-likeness (QED) is 0.930. The molecule has 3 rings (SSSR count). The maximum absolute atomic E-state index is 13.3. The standard InChI is InChI=1S/C14H15F2N3O2/c1-21-9-2-8(7-20)19(6-9)14-5-17-12-3-10(15)11(16)4-13(12)18-14/h3-5,8-9,20H,2,6-7H2,1H3/t8-,9-/m0/s1. The first-order valence-corrected chi connectivity index (χ1v) is 6.64. The number of ether oxygens (including phenoxy) is 1. The largest absolute Gasteiger partial charge is 0.394 e. The molecule has 5 nitrogen and oxygen atoms in total. The van der Waals surface area contributed by atoms with Crippen LogP contribution in [-0.4, -0.2) is 47.5 Å². The fourth-order valence-electron chi connectivity index (χ4n) is 2.63. The third-order valence-corrected chi connectivity index (χ3v) is 3.79. The molecule has 2 atom stereocenters. The lowest BCUT2D eigenvalue weighted by Crippen LogP contribution is -2.33. The molecule has 1 fully saturated rings. The maximum atomic E-state index is 13.3. The summed E-state index contributed by atoms with van der Waals surface area (Å²) >= 11 is 0. The molecule has 1 aliphatic rings. The fourth-order valence-corrected chi connectivity index (χ4v) is 2.63. The lowest BCUT2D eigenvalue weighted by molar-refractivity contribution is 0.115. The van der Waals surface area contributed by atoms with Gasteiger partial charge in [0, 0.05) is 25.8 Å². The summed E-state index contributed by atoms with van der Waals surface area (Å²) in [5, 5.41) is 9.45. The number of benzene rings is 1. The van der Waals surface area contributed by atoms with Crippen LogP contribution >= 0.6 is 0 Å². The van der Waals surface area contributed by atoms with E-state index in [0.29, 0.717) is 24.3 Å². The van der Waals surface area contributed by atoms with Crippen molar-refractivity contribution in [3.63, 3.8) is 0 Å². The Balaban J connectivity index is 1.98. The molecule has 1 N–H and O–H groups in total. The van der Waals surface area contributed by atoms with Crippen LogP contribution in [0.4, 0.5) is 14.6 Å². The molecule has 0 radical (unpaired) electrons. The number of nitrogens with zero attached hydrogens (tertiary/aromatic N) is 3. The molecular formula is C14H15F2N3O2. The zero-order chi connectivity index (χ0) is 15.0. The van der Waals surface area contributed by atoms with Crippen LogP contribution in [-0.2, 0) is 4.74 Å². The van der Waals surface area contributed by atoms with E-state index in [2.05, 4.69) is 9.97 Å². The molecule has 0 saturated carbocycles. The Bertz CT molecular complexity index is 668. The van der Waals surface area contributed by atoms with Gasteiger partial charge in [-0.15, -0.1) is 0 Å². The number of fused-ring (bicyclic) bond motifs is 1. The third-order valence-electron chi connectivity index (χ3n) is 3.79. The topological polar surface area (TPSA) is 58.5 Å². The average molecular weight is 295 g/mol. The normalized spacial score (nSPS) is 22.2. The van der Waals surface area contributed by atoms with Crippen molar-refractivity contribution in [2.75, 3.05) is 25.2 Å². The molecule has 2 aromatic rings. The molecule has 1 aliphatic heterocycles. The Kier molecular flexibility index (Phi) is 3.69. The lowest BCUT2D eigenvalue weighted by Gasteiger charge is -2.23. The van der Waals surface area contributed by atoms with Crippen LogP contribution in [0.2, 0.25) is 0 Å². The van der Waals surface area contributed by atoms with Crippen LogP contribution in [0.15, 0.2) is 18.3 Å². The molecule has 21 heavy (non-hydrogen) atoms. The maximum Gasteiger partial charge on any atom is 0.161 e. The van der Waals surface area contributed by atoms with Gasteiger partial charge in [0.25, 0.3) is 0 Å². The van der Waals surface area contributed by atoms with Crippen LogP contribution in [0.5, 0.6) is 0 Å². The Hall–Kier alpha value is -1.86. The van der Waals surface area contributed by atoms with Gasteiger partial charge in [0.2, 0.25) is 0 Å². The van der Waals surface area contributed by atoms with Crippen molar-refractivity contribution in [1.82, 2.24) is 9.97 Å². The number of methoxy groups -OCH3 is 1. The second kappa shape index (κ2) is 5.50. The smallest absolute Gasteiger partial charge is 0.161 e. The van der Waals surface area contributed by atoms with Gasteiger partial charge in [0.05, 0.1) is 36.0 Å². The van der Waals surface area contributed by atoms with Crippen molar-refractivity contribution >= 4 is 16.9 Å². The SMILES string of the molecule is CO[C@H]1C[C@@H](CO)N(c2cnc3cc(F)c(F)cc3n2)C1. The summed E-state index contributed by atoms with van der Waals surface area (Å²) in [4.78, 5) is 10.3. The number of hydrogen-bond acceptors (Lipinski definition) is 5. The zero-order valence-corrected chi connectivity index (χ0v) is 11.5. The van der Waals surface area contributed by atoms with Gasteiger partial charge >= 0.3 is 0 Å². The van der Waals surface area contributed by atoms with Gasteiger partial charge in [-0.3, -0.25) is 4.98 Å². The zero-order valence-electron chi connectivity index (χ0n) is 11.5. The van der Waals surface area contributed by atoms with Crippen molar-refractivity contribution in [3.8, 4) is 0 Å². The van der Waals surface area contributed by atoms with Gasteiger partial charge in [-0.2, -0.15) is 0 Å². The number of rotatable bonds is 3. The van der Waals surface area contributed by atoms with E-state index in [1.807, 2.05) is 4.90 Å². The first-order valence-electron chi connectivity index (χ1n) is 6.64. The molecule has 1 aromatic carbocycles. The predicted molar refractivity (Wildman–Crippen MR) is 73.1 cm³/mol. The minimum Gasteiger partial charge on any atom is -0.394 e. The number of aromatic nitrogens is 2. The van der Waals surface area contributed by atoms with Crippen LogP contribution in [0.3, 0.4) is 0 Å². The van der Waals surface area contributed by atoms with Gasteiger partial charge in [0.15, 0.2) is 11.6 Å². The number of anilines is 1. The summed E-state index contributed by atoms with van der Waals surface area (Å²) in [5.41, 5.74) is 0.574. The Morgan fingerprint density at radius 3 is 2.71 bits per heavy atom. The van der Waals surface area contributed by atoms with Gasteiger partial charge in [-0.1, -0.05) is 0 Å². The molecule has 0 spiro atoms. The van der Waals surface area contributed by atoms with Crippen LogP contribution in [0.25, 0.3) is 11.0 Å². The van der Waals surface area contributed by atoms with E-state index in [1.54, 1.807) is 7.11 Å². The third kappa shape index (κ3) is 2.54. The monoisotopic (exact) mass is 295 g/mol. The summed E-state index contributed by atoms with van der Waals surface area (Å²) < 4.78 is 31.8. The van der Waals surface area contributed by atoms with E-state index in [0.717, 1.165) is 12.1 Å². The molecule has 7 heteroatoms. The Morgan fingerprint density at radius 1 is 1.33 bits per heavy atom. The molecule has 1 saturated heterocycles. The van der Waals surface area contributed by atoms with Gasteiger partial charge in [-0.25, -0.2) is 13.8 Å².